The zero-order valence-corrected chi connectivity index (χ0v) is 12.5. The Morgan fingerprint density at radius 1 is 0.810 bits per heavy atom. The average Bonchev–Trinajstić information content (AvgIpc) is 2.54. The topological polar surface area (TPSA) is 36.1 Å². The molecule has 0 bridgehead atoms. The summed E-state index contributed by atoms with van der Waals surface area (Å²) in [5, 5.41) is 10.2. The molecule has 1 aromatic carbocycles. The van der Waals surface area contributed by atoms with Crippen LogP contribution in [0.25, 0.3) is 6.08 Å². The van der Waals surface area contributed by atoms with Crippen molar-refractivity contribution >= 4 is 6.08 Å². The van der Waals surface area contributed by atoms with E-state index in [0.717, 1.165) is 5.56 Å². The average molecular weight is 283 g/mol. The highest BCUT2D eigenvalue weighted by molar-refractivity contribution is 5.50. The van der Waals surface area contributed by atoms with E-state index in [1.165, 1.54) is 0 Å². The number of hydrogen-bond donors (Lipinski definition) is 3. The Balaban J connectivity index is 2.93. The van der Waals surface area contributed by atoms with Crippen LogP contribution in [0.3, 0.4) is 0 Å². The number of rotatable bonds is 11. The Labute approximate surface area is 128 Å². The maximum Gasteiger partial charge on any atom is 0.144 e. The molecule has 112 valence electrons. The van der Waals surface area contributed by atoms with Gasteiger partial charge in [0.1, 0.15) is 5.79 Å². The SMILES string of the molecule is C=CCNC(C=Cc1ccccc1)(NCC=C)NCC=C. The zero-order chi connectivity index (χ0) is 15.4. The van der Waals surface area contributed by atoms with Gasteiger partial charge in [0.15, 0.2) is 0 Å². The van der Waals surface area contributed by atoms with E-state index < -0.39 is 5.79 Å². The summed E-state index contributed by atoms with van der Waals surface area (Å²) in [7, 11) is 0. The van der Waals surface area contributed by atoms with Crippen LogP contribution in [0.15, 0.2) is 74.4 Å². The van der Waals surface area contributed by atoms with Gasteiger partial charge in [0.2, 0.25) is 0 Å². The molecule has 0 saturated heterocycles. The summed E-state index contributed by atoms with van der Waals surface area (Å²) in [4.78, 5) is 0. The molecule has 1 rings (SSSR count). The third-order valence-corrected chi connectivity index (χ3v) is 2.90. The summed E-state index contributed by atoms with van der Waals surface area (Å²) < 4.78 is 0. The van der Waals surface area contributed by atoms with Gasteiger partial charge in [-0.1, -0.05) is 54.6 Å². The van der Waals surface area contributed by atoms with Gasteiger partial charge in [0.05, 0.1) is 0 Å². The Morgan fingerprint density at radius 2 is 1.29 bits per heavy atom. The van der Waals surface area contributed by atoms with Crippen LogP contribution in [0.4, 0.5) is 0 Å². The molecule has 3 nitrogen and oxygen atoms in total. The number of nitrogens with one attached hydrogen (secondary N) is 3. The van der Waals surface area contributed by atoms with Gasteiger partial charge in [0, 0.05) is 19.6 Å². The van der Waals surface area contributed by atoms with Gasteiger partial charge in [-0.15, -0.1) is 19.7 Å². The molecule has 0 aromatic heterocycles. The third-order valence-electron chi connectivity index (χ3n) is 2.90. The maximum absolute atomic E-state index is 3.76. The normalized spacial score (nSPS) is 11.4. The molecular formula is C18H25N3. The van der Waals surface area contributed by atoms with Gasteiger partial charge in [-0.25, -0.2) is 0 Å². The lowest BCUT2D eigenvalue weighted by atomic mass is 10.1. The Morgan fingerprint density at radius 3 is 1.71 bits per heavy atom. The van der Waals surface area contributed by atoms with E-state index >= 15 is 0 Å². The molecule has 0 radical (unpaired) electrons. The summed E-state index contributed by atoms with van der Waals surface area (Å²) in [5.41, 5.74) is 1.14. The van der Waals surface area contributed by atoms with Crippen molar-refractivity contribution in [3.05, 3.63) is 79.9 Å². The second-order valence-electron chi connectivity index (χ2n) is 4.56. The lowest BCUT2D eigenvalue weighted by Gasteiger charge is -2.33. The van der Waals surface area contributed by atoms with Crippen molar-refractivity contribution in [2.45, 2.75) is 5.79 Å². The molecule has 0 heterocycles. The highest BCUT2D eigenvalue weighted by atomic mass is 15.3. The van der Waals surface area contributed by atoms with Crippen molar-refractivity contribution in [1.82, 2.24) is 16.0 Å². The summed E-state index contributed by atoms with van der Waals surface area (Å²) in [6.07, 6.45) is 9.63. The Bertz CT molecular complexity index is 431. The summed E-state index contributed by atoms with van der Waals surface area (Å²) in [6.45, 7) is 13.3. The first kappa shape index (κ1) is 17.1. The predicted molar refractivity (Wildman–Crippen MR) is 92.8 cm³/mol. The Hall–Kier alpha value is -1.94. The maximum atomic E-state index is 3.76. The molecule has 0 fully saturated rings. The lowest BCUT2D eigenvalue weighted by Crippen LogP contribution is -2.65. The van der Waals surface area contributed by atoms with Gasteiger partial charge in [0.25, 0.3) is 0 Å². The van der Waals surface area contributed by atoms with E-state index in [-0.39, 0.29) is 0 Å². The van der Waals surface area contributed by atoms with Crippen LogP contribution in [-0.2, 0) is 0 Å². The second-order valence-corrected chi connectivity index (χ2v) is 4.56. The standard InChI is InChI=1S/C18H25N3/c1-4-14-19-18(20-15-5-2,21-16-6-3)13-12-17-10-8-7-9-11-17/h4-13,19-21H,1-3,14-16H2. The fourth-order valence-corrected chi connectivity index (χ4v) is 1.85. The van der Waals surface area contributed by atoms with Crippen LogP contribution in [-0.4, -0.2) is 25.4 Å². The largest absolute Gasteiger partial charge is 0.280 e. The van der Waals surface area contributed by atoms with Crippen molar-refractivity contribution < 1.29 is 0 Å². The van der Waals surface area contributed by atoms with Gasteiger partial charge < -0.3 is 0 Å². The number of benzene rings is 1. The minimum absolute atomic E-state index is 0.535. The summed E-state index contributed by atoms with van der Waals surface area (Å²) >= 11 is 0. The van der Waals surface area contributed by atoms with Gasteiger partial charge in [-0.2, -0.15) is 0 Å². The third kappa shape index (κ3) is 6.36. The van der Waals surface area contributed by atoms with Crippen LogP contribution in [0.1, 0.15) is 5.56 Å². The smallest absolute Gasteiger partial charge is 0.144 e. The predicted octanol–water partition coefficient (Wildman–Crippen LogP) is 2.68. The molecule has 0 spiro atoms. The molecule has 0 atom stereocenters. The summed E-state index contributed by atoms with van der Waals surface area (Å²) in [6, 6.07) is 10.2. The van der Waals surface area contributed by atoms with Crippen LogP contribution in [0, 0.1) is 0 Å². The van der Waals surface area contributed by atoms with Crippen molar-refractivity contribution in [3.63, 3.8) is 0 Å². The highest BCUT2D eigenvalue weighted by Gasteiger charge is 2.23. The van der Waals surface area contributed by atoms with Crippen molar-refractivity contribution in [2.75, 3.05) is 19.6 Å². The lowest BCUT2D eigenvalue weighted by molar-refractivity contribution is 0.290. The van der Waals surface area contributed by atoms with Crippen molar-refractivity contribution in [3.8, 4) is 0 Å². The second kappa shape index (κ2) is 9.88. The molecule has 0 aliphatic rings. The Kier molecular flexibility index (Phi) is 8.05. The van der Waals surface area contributed by atoms with E-state index in [0.29, 0.717) is 19.6 Å². The molecule has 0 saturated carbocycles. The first-order valence-electron chi connectivity index (χ1n) is 7.08. The molecule has 0 aliphatic heterocycles. The summed E-state index contributed by atoms with van der Waals surface area (Å²) in [5.74, 6) is -0.535. The van der Waals surface area contributed by atoms with Crippen LogP contribution in [0.5, 0.6) is 0 Å². The fraction of sp³-hybridized carbons (Fsp3) is 0.222. The van der Waals surface area contributed by atoms with E-state index in [9.17, 15) is 0 Å². The molecule has 1 aromatic rings. The molecule has 0 unspecified atom stereocenters. The first-order chi connectivity index (χ1) is 10.3. The van der Waals surface area contributed by atoms with Crippen molar-refractivity contribution in [2.24, 2.45) is 0 Å². The van der Waals surface area contributed by atoms with Crippen molar-refractivity contribution in [1.29, 1.82) is 0 Å². The molecule has 0 aliphatic carbocycles. The first-order valence-corrected chi connectivity index (χ1v) is 7.08. The minimum Gasteiger partial charge on any atom is -0.280 e. The molecule has 3 heteroatoms. The van der Waals surface area contributed by atoms with E-state index in [4.69, 9.17) is 0 Å². The molecule has 3 N–H and O–H groups in total. The molecule has 0 amide bonds. The quantitative estimate of drug-likeness (QED) is 0.432. The molecule has 21 heavy (non-hydrogen) atoms. The minimum atomic E-state index is -0.535. The van der Waals surface area contributed by atoms with Crippen LogP contribution < -0.4 is 16.0 Å². The van der Waals surface area contributed by atoms with Gasteiger partial charge in [-0.3, -0.25) is 16.0 Å². The molecular weight excluding hydrogens is 258 g/mol. The van der Waals surface area contributed by atoms with Crippen LogP contribution >= 0.6 is 0 Å². The van der Waals surface area contributed by atoms with E-state index in [1.807, 2.05) is 36.4 Å². The fourth-order valence-electron chi connectivity index (χ4n) is 1.85. The van der Waals surface area contributed by atoms with Gasteiger partial charge >= 0.3 is 0 Å². The zero-order valence-electron chi connectivity index (χ0n) is 12.5. The van der Waals surface area contributed by atoms with Gasteiger partial charge in [-0.05, 0) is 11.6 Å². The monoisotopic (exact) mass is 283 g/mol. The van der Waals surface area contributed by atoms with E-state index in [2.05, 4.69) is 60.0 Å². The van der Waals surface area contributed by atoms with E-state index in [1.54, 1.807) is 0 Å². The number of hydrogen-bond acceptors (Lipinski definition) is 3. The highest BCUT2D eigenvalue weighted by Crippen LogP contribution is 2.06. The van der Waals surface area contributed by atoms with Crippen LogP contribution in [0.2, 0.25) is 0 Å².